The molecule has 5 heteroatoms. The van der Waals surface area contributed by atoms with Gasteiger partial charge in [0.1, 0.15) is 11.2 Å². The average molecular weight is 738 g/mol. The summed E-state index contributed by atoms with van der Waals surface area (Å²) in [4.78, 5) is 14.6. The number of nitrogens with zero attached hydrogens (tertiary/aromatic N) is 3. The van der Waals surface area contributed by atoms with E-state index in [9.17, 15) is 5.48 Å². The third-order valence-corrected chi connectivity index (χ3v) is 11.8. The first-order valence-electron chi connectivity index (χ1n) is 21.3. The summed E-state index contributed by atoms with van der Waals surface area (Å²) < 4.78 is 64.7. The molecule has 4 nitrogen and oxygen atoms in total. The van der Waals surface area contributed by atoms with Crippen LogP contribution in [-0.2, 0) is 0 Å². The minimum atomic E-state index is -0.342. The molecule has 0 spiro atoms. The Morgan fingerprint density at radius 2 is 1.00 bits per heavy atom. The van der Waals surface area contributed by atoms with E-state index in [4.69, 9.17) is 22.1 Å². The summed E-state index contributed by atoms with van der Waals surface area (Å²) in [7, 11) is 0. The monoisotopic (exact) mass is 737 g/mol. The zero-order chi connectivity index (χ0) is 42.0. The molecule has 9 aromatic carbocycles. The number of benzene rings is 9. The molecule has 0 aliphatic rings. The van der Waals surface area contributed by atoms with E-state index in [1.54, 1.807) is 11.3 Å². The maximum atomic E-state index is 9.65. The second kappa shape index (κ2) is 12.2. The minimum absolute atomic E-state index is 0.0253. The Hall–Kier alpha value is -7.21. The Kier molecular flexibility index (Phi) is 5.59. The lowest BCUT2D eigenvalue weighted by molar-refractivity contribution is 0.670. The van der Waals surface area contributed by atoms with E-state index in [1.807, 2.05) is 97.1 Å². The number of para-hydroxylation sites is 1. The van der Waals surface area contributed by atoms with Crippen LogP contribution in [0.4, 0.5) is 0 Å². The molecule has 12 rings (SSSR count). The molecule has 0 aliphatic heterocycles. The smallest absolute Gasteiger partial charge is 0.164 e. The summed E-state index contributed by atoms with van der Waals surface area (Å²) in [5, 5.41) is 8.64. The Morgan fingerprint density at radius 3 is 1.77 bits per heavy atom. The van der Waals surface area contributed by atoms with Gasteiger partial charge < -0.3 is 4.42 Å². The van der Waals surface area contributed by atoms with Gasteiger partial charge in [0.2, 0.25) is 0 Å². The van der Waals surface area contributed by atoms with Crippen LogP contribution in [0.25, 0.3) is 120 Å². The van der Waals surface area contributed by atoms with Crippen LogP contribution in [0.15, 0.2) is 180 Å². The van der Waals surface area contributed by atoms with Crippen molar-refractivity contribution in [3.8, 4) is 45.3 Å². The number of hydrogen-bond donors (Lipinski definition) is 0. The van der Waals surface area contributed by atoms with Gasteiger partial charge in [0.05, 0.1) is 8.22 Å². The molecule has 0 atom stereocenters. The average Bonchev–Trinajstić information content (AvgIpc) is 3.90. The highest BCUT2D eigenvalue weighted by molar-refractivity contribution is 7.25. The maximum Gasteiger partial charge on any atom is 0.164 e. The van der Waals surface area contributed by atoms with Crippen molar-refractivity contribution in [2.24, 2.45) is 0 Å². The van der Waals surface area contributed by atoms with Gasteiger partial charge >= 0.3 is 0 Å². The largest absolute Gasteiger partial charge is 0.455 e. The van der Waals surface area contributed by atoms with Gasteiger partial charge in [-0.1, -0.05) is 133 Å². The van der Waals surface area contributed by atoms with Crippen LogP contribution in [0.3, 0.4) is 0 Å². The van der Waals surface area contributed by atoms with E-state index in [2.05, 4.69) is 42.5 Å². The Balaban J connectivity index is 1.11. The summed E-state index contributed by atoms with van der Waals surface area (Å²) in [5.41, 5.74) is 2.32. The van der Waals surface area contributed by atoms with Crippen molar-refractivity contribution in [1.82, 2.24) is 15.0 Å². The Morgan fingerprint density at radius 1 is 0.411 bits per heavy atom. The number of fused-ring (bicyclic) bond motifs is 12. The number of thiophene rings is 1. The molecule has 0 fully saturated rings. The van der Waals surface area contributed by atoms with Crippen LogP contribution < -0.4 is 0 Å². The molecule has 3 heterocycles. The van der Waals surface area contributed by atoms with Crippen LogP contribution >= 0.6 is 11.3 Å². The van der Waals surface area contributed by atoms with Gasteiger partial charge in [0.25, 0.3) is 0 Å². The van der Waals surface area contributed by atoms with Crippen molar-refractivity contribution in [2.75, 3.05) is 0 Å². The highest BCUT2D eigenvalue weighted by Gasteiger charge is 2.18. The number of hydrogen-bond acceptors (Lipinski definition) is 5. The number of aromatic nitrogens is 3. The van der Waals surface area contributed by atoms with Gasteiger partial charge in [-0.05, 0) is 80.3 Å². The van der Waals surface area contributed by atoms with E-state index in [1.165, 1.54) is 0 Å². The van der Waals surface area contributed by atoms with Crippen molar-refractivity contribution < 1.29 is 12.6 Å². The third kappa shape index (κ3) is 4.81. The van der Waals surface area contributed by atoms with Crippen molar-refractivity contribution in [1.29, 1.82) is 0 Å². The van der Waals surface area contributed by atoms with Crippen LogP contribution in [0.5, 0.6) is 0 Å². The number of rotatable bonds is 4. The molecule has 0 aliphatic carbocycles. The number of furan rings is 1. The summed E-state index contributed by atoms with van der Waals surface area (Å²) >= 11 is 1.71. The molecule has 0 amide bonds. The Bertz CT molecular complexity index is 3870. The first-order valence-corrected chi connectivity index (χ1v) is 19.1. The molecular weight excluding hydrogens is 703 g/mol. The van der Waals surface area contributed by atoms with E-state index in [0.29, 0.717) is 22.8 Å². The predicted octanol–water partition coefficient (Wildman–Crippen LogP) is 14.3. The van der Waals surface area contributed by atoms with E-state index >= 15 is 0 Å². The quantitative estimate of drug-likeness (QED) is 0.169. The first kappa shape index (κ1) is 25.7. The van der Waals surface area contributed by atoms with Gasteiger partial charge in [0.15, 0.2) is 17.5 Å². The van der Waals surface area contributed by atoms with Crippen LogP contribution in [0.2, 0.25) is 0 Å². The fourth-order valence-electron chi connectivity index (χ4n) is 7.99. The molecule has 0 unspecified atom stereocenters. The van der Waals surface area contributed by atoms with Gasteiger partial charge in [-0.3, -0.25) is 0 Å². The summed E-state index contributed by atoms with van der Waals surface area (Å²) in [5.74, 6) is 0.698. The second-order valence-corrected chi connectivity index (χ2v) is 14.9. The van der Waals surface area contributed by atoms with E-state index in [0.717, 1.165) is 58.1 Å². The van der Waals surface area contributed by atoms with Crippen molar-refractivity contribution in [3.63, 3.8) is 0 Å². The van der Waals surface area contributed by atoms with E-state index in [-0.39, 0.29) is 75.1 Å². The van der Waals surface area contributed by atoms with Crippen molar-refractivity contribution in [2.45, 2.75) is 0 Å². The van der Waals surface area contributed by atoms with Gasteiger partial charge in [-0.2, -0.15) is 0 Å². The summed E-state index contributed by atoms with van der Waals surface area (Å²) in [6.07, 6.45) is 0. The lowest BCUT2D eigenvalue weighted by Crippen LogP contribution is -2.00. The van der Waals surface area contributed by atoms with Crippen LogP contribution in [-0.4, -0.2) is 15.0 Å². The molecule has 0 saturated carbocycles. The van der Waals surface area contributed by atoms with Crippen LogP contribution in [0.1, 0.15) is 8.22 Å². The molecular formula is C51H29N3OS. The second-order valence-electron chi connectivity index (χ2n) is 13.8. The molecule has 0 bridgehead atoms. The molecule has 0 N–H and O–H groups in total. The normalized spacial score (nSPS) is 13.4. The summed E-state index contributed by atoms with van der Waals surface area (Å²) in [6, 6.07) is 44.3. The molecule has 56 heavy (non-hydrogen) atoms. The SMILES string of the molecule is [2H]c1c([2H])c([2H])c2c(oc3c([2H])c(-c4nc(-c5ccccc5)nc(-c5ccc6sc7ccccc7c6c5)n4)c([2H])c([2H])c32)c1-c1ccc2c3ccccc3c3ccccc3c2c1. The van der Waals surface area contributed by atoms with Crippen LogP contribution in [0, 0.1) is 0 Å². The third-order valence-electron chi connectivity index (χ3n) is 10.6. The molecule has 0 saturated heterocycles. The zero-order valence-corrected chi connectivity index (χ0v) is 30.3. The standard InChI is InChI=1S/C51H29N3OS/c1-2-11-30(12-3-1)49-52-50(32-23-26-47-44(28-32)41-17-8-9-20-46(41)56-47)54-51(53-49)33-22-25-40-42-19-10-18-34(48(42)55-45(40)29-33)31-21-24-39-37-15-5-4-13-35(37)36-14-6-7-16-38(36)43(39)27-31/h1-29H/i10D,18D,19D,22D,25D,29D. The maximum absolute atomic E-state index is 9.65. The zero-order valence-electron chi connectivity index (χ0n) is 35.4. The fraction of sp³-hybridized carbons (Fsp3) is 0. The van der Waals surface area contributed by atoms with Crippen molar-refractivity contribution in [3.05, 3.63) is 176 Å². The molecule has 260 valence electrons. The molecule has 12 aromatic rings. The minimum Gasteiger partial charge on any atom is -0.455 e. The highest BCUT2D eigenvalue weighted by atomic mass is 32.1. The lowest BCUT2D eigenvalue weighted by Gasteiger charge is -2.12. The fourth-order valence-corrected chi connectivity index (χ4v) is 9.08. The Labute approximate surface area is 333 Å². The molecule has 3 aromatic heterocycles. The first-order chi connectivity index (χ1) is 30.2. The topological polar surface area (TPSA) is 51.8 Å². The van der Waals surface area contributed by atoms with Gasteiger partial charge in [-0.15, -0.1) is 11.3 Å². The van der Waals surface area contributed by atoms with E-state index < -0.39 is 0 Å². The predicted molar refractivity (Wildman–Crippen MR) is 234 cm³/mol. The summed E-state index contributed by atoms with van der Waals surface area (Å²) in [6.45, 7) is 0. The highest BCUT2D eigenvalue weighted by Crippen LogP contribution is 2.41. The van der Waals surface area contributed by atoms with Gasteiger partial charge in [-0.25, -0.2) is 15.0 Å². The van der Waals surface area contributed by atoms with Gasteiger partial charge in [0, 0.05) is 53.2 Å². The van der Waals surface area contributed by atoms with Crippen molar-refractivity contribution >= 4 is 85.8 Å². The lowest BCUT2D eigenvalue weighted by atomic mass is 9.92. The molecule has 0 radical (unpaired) electrons.